The Bertz CT molecular complexity index is 674. The van der Waals surface area contributed by atoms with Gasteiger partial charge in [-0.05, 0) is 23.3 Å². The van der Waals surface area contributed by atoms with E-state index in [2.05, 4.69) is 5.32 Å². The fourth-order valence-electron chi connectivity index (χ4n) is 2.18. The third kappa shape index (κ3) is 6.02. The lowest BCUT2D eigenvalue weighted by Crippen LogP contribution is -2.48. The van der Waals surface area contributed by atoms with Crippen LogP contribution in [0.2, 0.25) is 0 Å². The van der Waals surface area contributed by atoms with Crippen molar-refractivity contribution in [3.8, 4) is 5.75 Å². The summed E-state index contributed by atoms with van der Waals surface area (Å²) >= 11 is 0. The molecular formula is C19H21N2O4. The Kier molecular flexibility index (Phi) is 7.13. The number of nitrogens with one attached hydrogen (secondary N) is 1. The average Bonchev–Trinajstić information content (AvgIpc) is 2.66. The lowest BCUT2D eigenvalue weighted by atomic mass is 10.1. The summed E-state index contributed by atoms with van der Waals surface area (Å²) < 4.78 is 5.70. The molecule has 2 aromatic carbocycles. The van der Waals surface area contributed by atoms with Gasteiger partial charge in [-0.1, -0.05) is 42.5 Å². The van der Waals surface area contributed by atoms with Gasteiger partial charge in [0.15, 0.2) is 0 Å². The fraction of sp³-hybridized carbons (Fsp3) is 0.263. The summed E-state index contributed by atoms with van der Waals surface area (Å²) in [6, 6.07) is 15.2. The molecule has 2 atom stereocenters. The van der Waals surface area contributed by atoms with E-state index in [9.17, 15) is 9.59 Å². The van der Waals surface area contributed by atoms with Gasteiger partial charge in [-0.2, -0.15) is 0 Å². The maximum absolute atomic E-state index is 11.6. The topological polar surface area (TPSA) is 102 Å². The molecule has 0 spiro atoms. The molecule has 131 valence electrons. The molecule has 1 radical (unpaired) electrons. The Labute approximate surface area is 146 Å². The van der Waals surface area contributed by atoms with E-state index in [4.69, 9.17) is 15.6 Å². The van der Waals surface area contributed by atoms with Gasteiger partial charge >= 0.3 is 0 Å². The van der Waals surface area contributed by atoms with E-state index in [0.29, 0.717) is 12.4 Å². The van der Waals surface area contributed by atoms with Gasteiger partial charge in [0.1, 0.15) is 18.4 Å². The first-order valence-electron chi connectivity index (χ1n) is 7.92. The van der Waals surface area contributed by atoms with Crippen molar-refractivity contribution in [3.63, 3.8) is 0 Å². The summed E-state index contributed by atoms with van der Waals surface area (Å²) in [4.78, 5) is 22.6. The predicted molar refractivity (Wildman–Crippen MR) is 93.6 cm³/mol. The molecule has 6 heteroatoms. The Morgan fingerprint density at radius 2 is 1.80 bits per heavy atom. The molecule has 4 N–H and O–H groups in total. The maximum Gasteiger partial charge on any atom is 0.239 e. The number of hydrogen-bond donors (Lipinski definition) is 3. The molecule has 2 aromatic rings. The highest BCUT2D eigenvalue weighted by Gasteiger charge is 2.18. The van der Waals surface area contributed by atoms with Crippen LogP contribution in [-0.2, 0) is 22.6 Å². The lowest BCUT2D eigenvalue weighted by Gasteiger charge is -2.15. The van der Waals surface area contributed by atoms with Crippen LogP contribution in [0.4, 0.5) is 0 Å². The molecule has 0 unspecified atom stereocenters. The molecule has 2 rings (SSSR count). The zero-order valence-electron chi connectivity index (χ0n) is 13.7. The fourth-order valence-corrected chi connectivity index (χ4v) is 2.18. The largest absolute Gasteiger partial charge is 0.489 e. The molecule has 6 nitrogen and oxygen atoms in total. The number of ether oxygens (including phenoxy) is 1. The number of hydrogen-bond acceptors (Lipinski definition) is 5. The second kappa shape index (κ2) is 9.56. The Hall–Kier alpha value is -2.70. The van der Waals surface area contributed by atoms with Crippen LogP contribution >= 0.6 is 0 Å². The van der Waals surface area contributed by atoms with Gasteiger partial charge in [-0.3, -0.25) is 9.59 Å². The summed E-state index contributed by atoms with van der Waals surface area (Å²) in [5.41, 5.74) is 7.33. The number of amides is 1. The third-order valence-electron chi connectivity index (χ3n) is 3.60. The van der Waals surface area contributed by atoms with Crippen LogP contribution in [0.15, 0.2) is 54.6 Å². The number of carbonyl (C=O) groups is 1. The second-order valence-electron chi connectivity index (χ2n) is 5.59. The van der Waals surface area contributed by atoms with Crippen LogP contribution in [0.25, 0.3) is 0 Å². The number of aliphatic hydroxyl groups is 1. The monoisotopic (exact) mass is 341 g/mol. The zero-order chi connectivity index (χ0) is 18.1. The molecule has 0 saturated heterocycles. The molecule has 0 heterocycles. The van der Waals surface area contributed by atoms with Crippen molar-refractivity contribution in [1.29, 1.82) is 0 Å². The van der Waals surface area contributed by atoms with Crippen LogP contribution in [0.3, 0.4) is 0 Å². The second-order valence-corrected chi connectivity index (χ2v) is 5.59. The smallest absolute Gasteiger partial charge is 0.239 e. The van der Waals surface area contributed by atoms with Crippen molar-refractivity contribution in [1.82, 2.24) is 5.32 Å². The maximum atomic E-state index is 11.6. The van der Waals surface area contributed by atoms with E-state index in [1.54, 1.807) is 18.4 Å². The average molecular weight is 341 g/mol. The summed E-state index contributed by atoms with van der Waals surface area (Å²) in [7, 11) is 0. The summed E-state index contributed by atoms with van der Waals surface area (Å²) in [6.07, 6.45) is 2.06. The van der Waals surface area contributed by atoms with E-state index in [1.807, 2.05) is 42.5 Å². The Balaban J connectivity index is 1.88. The molecule has 0 bridgehead atoms. The minimum absolute atomic E-state index is 0.284. The van der Waals surface area contributed by atoms with Crippen molar-refractivity contribution in [2.75, 3.05) is 6.61 Å². The molecule has 0 aliphatic rings. The van der Waals surface area contributed by atoms with E-state index < -0.39 is 24.6 Å². The van der Waals surface area contributed by atoms with Gasteiger partial charge in [0.25, 0.3) is 0 Å². The van der Waals surface area contributed by atoms with Gasteiger partial charge < -0.3 is 20.9 Å². The number of rotatable bonds is 9. The predicted octanol–water partition coefficient (Wildman–Crippen LogP) is 0.722. The molecule has 0 aliphatic heterocycles. The minimum Gasteiger partial charge on any atom is -0.489 e. The van der Waals surface area contributed by atoms with Gasteiger partial charge in [0, 0.05) is 6.42 Å². The first-order valence-corrected chi connectivity index (χ1v) is 7.92. The van der Waals surface area contributed by atoms with Gasteiger partial charge in [0.05, 0.1) is 12.6 Å². The number of carbonyl (C=O) groups excluding carboxylic acids is 2. The van der Waals surface area contributed by atoms with E-state index in [1.165, 1.54) is 0 Å². The summed E-state index contributed by atoms with van der Waals surface area (Å²) in [5, 5.41) is 11.3. The first kappa shape index (κ1) is 18.6. The molecule has 0 saturated carbocycles. The summed E-state index contributed by atoms with van der Waals surface area (Å²) in [5.74, 6) is 0.129. The lowest BCUT2D eigenvalue weighted by molar-refractivity contribution is -0.123. The van der Waals surface area contributed by atoms with Crippen LogP contribution in [0.1, 0.15) is 11.1 Å². The quantitative estimate of drug-likeness (QED) is 0.624. The molecule has 0 fully saturated rings. The third-order valence-corrected chi connectivity index (χ3v) is 3.60. The summed E-state index contributed by atoms with van der Waals surface area (Å²) in [6.45, 7) is -0.00903. The molecule has 1 amide bonds. The zero-order valence-corrected chi connectivity index (χ0v) is 13.7. The van der Waals surface area contributed by atoms with Crippen molar-refractivity contribution < 1.29 is 19.4 Å². The minimum atomic E-state index is -1.05. The Morgan fingerprint density at radius 3 is 2.40 bits per heavy atom. The SMILES string of the molecule is N[C@@H](CO)C(=O)N[C@H]([C]=O)Cc1ccc(OCc2ccccc2)cc1. The highest BCUT2D eigenvalue weighted by molar-refractivity contribution is 5.84. The van der Waals surface area contributed by atoms with Gasteiger partial charge in [0.2, 0.25) is 12.2 Å². The van der Waals surface area contributed by atoms with Crippen molar-refractivity contribution in [3.05, 3.63) is 65.7 Å². The molecule has 25 heavy (non-hydrogen) atoms. The van der Waals surface area contributed by atoms with Crippen LogP contribution < -0.4 is 15.8 Å². The highest BCUT2D eigenvalue weighted by Crippen LogP contribution is 2.15. The van der Waals surface area contributed by atoms with Crippen molar-refractivity contribution in [2.24, 2.45) is 5.73 Å². The van der Waals surface area contributed by atoms with Crippen LogP contribution in [0.5, 0.6) is 5.75 Å². The van der Waals surface area contributed by atoms with E-state index >= 15 is 0 Å². The standard InChI is InChI=1S/C19H21N2O4/c20-18(12-23)19(24)21-16(11-22)10-14-6-8-17(9-7-14)25-13-15-4-2-1-3-5-15/h1-9,16,18,23H,10,12-13,20H2,(H,21,24)/t16-,18-/m0/s1. The number of nitrogens with two attached hydrogens (primary N) is 1. The number of aliphatic hydroxyl groups excluding tert-OH is 1. The number of benzene rings is 2. The van der Waals surface area contributed by atoms with Crippen LogP contribution in [0, 0.1) is 0 Å². The molecule has 0 aliphatic carbocycles. The van der Waals surface area contributed by atoms with Gasteiger partial charge in [-0.25, -0.2) is 0 Å². The normalized spacial score (nSPS) is 12.9. The van der Waals surface area contributed by atoms with Crippen LogP contribution in [-0.4, -0.2) is 36.0 Å². The molecule has 0 aromatic heterocycles. The highest BCUT2D eigenvalue weighted by atomic mass is 16.5. The van der Waals surface area contributed by atoms with Crippen molar-refractivity contribution in [2.45, 2.75) is 25.1 Å². The van der Waals surface area contributed by atoms with Crippen molar-refractivity contribution >= 4 is 12.2 Å². The van der Waals surface area contributed by atoms with E-state index in [0.717, 1.165) is 11.1 Å². The van der Waals surface area contributed by atoms with E-state index in [-0.39, 0.29) is 6.42 Å². The first-order chi connectivity index (χ1) is 12.1. The Morgan fingerprint density at radius 1 is 1.12 bits per heavy atom. The van der Waals surface area contributed by atoms with Gasteiger partial charge in [-0.15, -0.1) is 0 Å². The molecular weight excluding hydrogens is 320 g/mol.